The Morgan fingerprint density at radius 1 is 0.360 bits per heavy atom. The van der Waals surface area contributed by atoms with Crippen LogP contribution in [0.4, 0.5) is 45.5 Å². The number of fused-ring (bicyclic) bond motifs is 11. The molecule has 9 heteroatoms. The summed E-state index contributed by atoms with van der Waals surface area (Å²) in [6, 6.07) is 72.6. The van der Waals surface area contributed by atoms with Gasteiger partial charge < -0.3 is 24.2 Å². The number of hydrogen-bond donors (Lipinski definition) is 0. The van der Waals surface area contributed by atoms with E-state index in [9.17, 15) is 0 Å². The molecule has 0 saturated carbocycles. The zero-order chi connectivity index (χ0) is 51.0. The molecule has 0 amide bonds. The molecule has 14 rings (SSSR count). The number of benzene rings is 9. The van der Waals surface area contributed by atoms with Gasteiger partial charge in [-0.05, 0) is 162 Å². The lowest BCUT2D eigenvalue weighted by Crippen LogP contribution is -2.61. The molecular formula is C66H59B2N5S2. The van der Waals surface area contributed by atoms with Crippen molar-refractivity contribution in [2.45, 2.75) is 99.1 Å². The second kappa shape index (κ2) is 17.7. The quantitative estimate of drug-likeness (QED) is 0.133. The maximum Gasteiger partial charge on any atom is 0.249 e. The Kier molecular flexibility index (Phi) is 10.9. The van der Waals surface area contributed by atoms with Gasteiger partial charge in [-0.3, -0.25) is 0 Å². The molecule has 0 spiro atoms. The van der Waals surface area contributed by atoms with Gasteiger partial charge in [-0.15, -0.1) is 0 Å². The lowest BCUT2D eigenvalue weighted by molar-refractivity contribution is 0.779. The molecular weight excluding hydrogens is 949 g/mol. The van der Waals surface area contributed by atoms with Crippen LogP contribution in [0.2, 0.25) is 0 Å². The smallest absolute Gasteiger partial charge is 0.249 e. The first-order valence-electron chi connectivity index (χ1n) is 26.9. The van der Waals surface area contributed by atoms with Gasteiger partial charge in [-0.1, -0.05) is 138 Å². The molecule has 0 N–H and O–H groups in total. The molecule has 0 radical (unpaired) electrons. The maximum absolute atomic E-state index is 2.60. The zero-order valence-electron chi connectivity index (χ0n) is 43.9. The summed E-state index contributed by atoms with van der Waals surface area (Å²) in [7, 11) is 0. The summed E-state index contributed by atoms with van der Waals surface area (Å²) in [4.78, 5) is 15.5. The summed E-state index contributed by atoms with van der Waals surface area (Å²) in [5.41, 5.74) is 22.1. The van der Waals surface area contributed by atoms with Crippen LogP contribution in [0.1, 0.15) is 55.4 Å². The van der Waals surface area contributed by atoms with E-state index in [2.05, 4.69) is 268 Å². The van der Waals surface area contributed by atoms with E-state index in [0.29, 0.717) is 0 Å². The molecule has 9 aromatic carbocycles. The van der Waals surface area contributed by atoms with Gasteiger partial charge in [0.15, 0.2) is 0 Å². The number of para-hydroxylation sites is 5. The van der Waals surface area contributed by atoms with Gasteiger partial charge in [0.05, 0.1) is 11.0 Å². The van der Waals surface area contributed by atoms with E-state index in [0.717, 1.165) is 0 Å². The van der Waals surface area contributed by atoms with Gasteiger partial charge in [-0.2, -0.15) is 0 Å². The highest BCUT2D eigenvalue weighted by molar-refractivity contribution is 8.00. The lowest BCUT2D eigenvalue weighted by Gasteiger charge is -2.43. The van der Waals surface area contributed by atoms with Crippen molar-refractivity contribution in [3.8, 4) is 5.69 Å². The third kappa shape index (κ3) is 7.10. The zero-order valence-corrected chi connectivity index (χ0v) is 45.5. The Bertz CT molecular complexity index is 3680. The number of hydrogen-bond acceptors (Lipinski definition) is 6. The van der Waals surface area contributed by atoms with Gasteiger partial charge in [0, 0.05) is 106 Å². The highest BCUT2D eigenvalue weighted by atomic mass is 32.2. The van der Waals surface area contributed by atoms with Gasteiger partial charge in [0.25, 0.3) is 0 Å². The molecule has 366 valence electrons. The molecule has 5 nitrogen and oxygen atoms in total. The predicted octanol–water partition coefficient (Wildman–Crippen LogP) is 13.6. The number of rotatable bonds is 9. The number of anilines is 8. The fourth-order valence-corrected chi connectivity index (χ4v) is 15.8. The van der Waals surface area contributed by atoms with E-state index < -0.39 is 0 Å². The first-order chi connectivity index (χ1) is 36.5. The monoisotopic (exact) mass is 1010 g/mol. The molecule has 0 bridgehead atoms. The first kappa shape index (κ1) is 46.3. The van der Waals surface area contributed by atoms with E-state index in [1.807, 2.05) is 23.5 Å². The molecule has 0 unspecified atom stereocenters. The van der Waals surface area contributed by atoms with Gasteiger partial charge in [0.1, 0.15) is 0 Å². The molecule has 75 heavy (non-hydrogen) atoms. The highest BCUT2D eigenvalue weighted by Gasteiger charge is 2.44. The molecule has 10 aromatic rings. The summed E-state index contributed by atoms with van der Waals surface area (Å²) < 4.78 is 2.55. The average Bonchev–Trinajstić information content (AvgIpc) is 3.87. The lowest BCUT2D eigenvalue weighted by atomic mass is 9.34. The SMILES string of the molecule is CC(C)N(c1ccccc1)c1cc2c3c(c1)N(C(C)C)c1ccccc1B3c1cc3c4cc5c(cc4n(-c4ccccc4)c3cc1S2)Sc1cc(N(c2ccccc2)C(C)C)cc2c1B5c1ccccc1N2C(C)C. The molecule has 0 atom stereocenters. The normalized spacial score (nSPS) is 13.9. The molecule has 0 saturated heterocycles. The Hall–Kier alpha value is -7.19. The standard InChI is InChI=1S/C66H59B2N5S2/c1-40(2)69(44-22-12-9-13-23-44)47-32-59-65-63(34-47)74-61-38-57-49(36-53(61)67(65)51-28-18-20-30-55(51)71(59)42(5)6)50-37-54-62(39-58(50)73(57)46-26-16-11-17-27-46)75-64-35-48(70(41(3)4)45-24-14-10-15-25-45)33-60-66(64)68(54)52-29-19-21-31-56(52)72(60)43(7)8/h9-43H,1-8H3. The highest BCUT2D eigenvalue weighted by Crippen LogP contribution is 2.48. The van der Waals surface area contributed by atoms with Crippen molar-refractivity contribution >= 4 is 137 Å². The van der Waals surface area contributed by atoms with Crippen LogP contribution in [-0.2, 0) is 0 Å². The molecule has 4 aliphatic heterocycles. The largest absolute Gasteiger partial charge is 0.340 e. The Morgan fingerprint density at radius 3 is 1.15 bits per heavy atom. The summed E-state index contributed by atoms with van der Waals surface area (Å²) in [5, 5.41) is 2.59. The predicted molar refractivity (Wildman–Crippen MR) is 326 cm³/mol. The molecule has 5 heterocycles. The third-order valence-electron chi connectivity index (χ3n) is 16.1. The van der Waals surface area contributed by atoms with Crippen molar-refractivity contribution < 1.29 is 0 Å². The minimum absolute atomic E-state index is 0.0700. The Labute approximate surface area is 451 Å². The fourth-order valence-electron chi connectivity index (χ4n) is 13.3. The number of nitrogens with zero attached hydrogens (tertiary/aromatic N) is 5. The summed E-state index contributed by atoms with van der Waals surface area (Å²) >= 11 is 3.91. The summed E-state index contributed by atoms with van der Waals surface area (Å²) in [5.74, 6) is 0. The van der Waals surface area contributed by atoms with Crippen molar-refractivity contribution in [3.63, 3.8) is 0 Å². The molecule has 4 aliphatic rings. The van der Waals surface area contributed by atoms with Crippen molar-refractivity contribution in [3.05, 3.63) is 188 Å². The van der Waals surface area contributed by atoms with Gasteiger partial charge in [0.2, 0.25) is 13.4 Å². The Morgan fingerprint density at radius 2 is 0.747 bits per heavy atom. The maximum atomic E-state index is 2.60. The third-order valence-corrected chi connectivity index (χ3v) is 18.4. The van der Waals surface area contributed by atoms with Crippen LogP contribution in [0.5, 0.6) is 0 Å². The van der Waals surface area contributed by atoms with Gasteiger partial charge >= 0.3 is 0 Å². The minimum atomic E-state index is 0.0700. The topological polar surface area (TPSA) is 17.9 Å². The van der Waals surface area contributed by atoms with Crippen LogP contribution < -0.4 is 52.4 Å². The van der Waals surface area contributed by atoms with Crippen LogP contribution in [0.15, 0.2) is 208 Å². The van der Waals surface area contributed by atoms with E-state index in [4.69, 9.17) is 0 Å². The molecule has 0 fully saturated rings. The van der Waals surface area contributed by atoms with E-state index in [1.165, 1.54) is 125 Å². The number of aromatic nitrogens is 1. The average molecular weight is 1010 g/mol. The molecule has 0 aliphatic carbocycles. The molecule has 1 aromatic heterocycles. The van der Waals surface area contributed by atoms with Crippen molar-refractivity contribution in [1.82, 2.24) is 4.57 Å². The van der Waals surface area contributed by atoms with Crippen molar-refractivity contribution in [2.75, 3.05) is 19.6 Å². The van der Waals surface area contributed by atoms with Gasteiger partial charge in [-0.25, -0.2) is 0 Å². The van der Waals surface area contributed by atoms with Crippen molar-refractivity contribution in [1.29, 1.82) is 0 Å². The van der Waals surface area contributed by atoms with E-state index in [-0.39, 0.29) is 37.6 Å². The van der Waals surface area contributed by atoms with Crippen LogP contribution >= 0.6 is 23.5 Å². The second-order valence-electron chi connectivity index (χ2n) is 22.0. The summed E-state index contributed by atoms with van der Waals surface area (Å²) in [6.45, 7) is 18.7. The summed E-state index contributed by atoms with van der Waals surface area (Å²) in [6.07, 6.45) is 0. The fraction of sp³-hybridized carbons (Fsp3) is 0.182. The Balaban J connectivity index is 1.02. The minimum Gasteiger partial charge on any atom is -0.340 e. The first-order valence-corrected chi connectivity index (χ1v) is 28.5. The van der Waals surface area contributed by atoms with E-state index >= 15 is 0 Å². The second-order valence-corrected chi connectivity index (χ2v) is 24.1. The van der Waals surface area contributed by atoms with Crippen LogP contribution in [0.3, 0.4) is 0 Å². The van der Waals surface area contributed by atoms with Crippen LogP contribution in [0.25, 0.3) is 27.5 Å². The van der Waals surface area contributed by atoms with Crippen LogP contribution in [0, 0.1) is 0 Å². The van der Waals surface area contributed by atoms with Crippen LogP contribution in [-0.4, -0.2) is 42.2 Å². The van der Waals surface area contributed by atoms with E-state index in [1.54, 1.807) is 0 Å². The van der Waals surface area contributed by atoms with Crippen molar-refractivity contribution in [2.24, 2.45) is 0 Å².